The smallest absolute Gasteiger partial charge is 0.228 e. The number of rotatable bonds is 2. The zero-order valence-corrected chi connectivity index (χ0v) is 9.45. The van der Waals surface area contributed by atoms with Crippen LogP contribution in [0.5, 0.6) is 0 Å². The first kappa shape index (κ1) is 11.4. The number of aliphatic hydroxyl groups excluding tert-OH is 1. The van der Waals surface area contributed by atoms with Gasteiger partial charge in [0.05, 0.1) is 6.61 Å². The van der Waals surface area contributed by atoms with Crippen molar-refractivity contribution in [3.8, 4) is 0 Å². The summed E-state index contributed by atoms with van der Waals surface area (Å²) in [4.78, 5) is 13.2. The molecule has 86 valence electrons. The largest absolute Gasteiger partial charge is 0.392 e. The molecule has 1 aromatic rings. The summed E-state index contributed by atoms with van der Waals surface area (Å²) in [5, 5.41) is 8.97. The van der Waals surface area contributed by atoms with E-state index in [1.165, 1.54) is 18.2 Å². The molecule has 0 aliphatic carbocycles. The number of nitrogens with zero attached hydrogens (tertiary/aromatic N) is 1. The molecule has 3 nitrogen and oxygen atoms in total. The lowest BCUT2D eigenvalue weighted by molar-refractivity contribution is -0.117. The molecule has 2 rings (SSSR count). The van der Waals surface area contributed by atoms with Crippen LogP contribution in [0.15, 0.2) is 18.2 Å². The van der Waals surface area contributed by atoms with Crippen molar-refractivity contribution in [3.05, 3.63) is 29.6 Å². The van der Waals surface area contributed by atoms with E-state index in [2.05, 4.69) is 12.6 Å². The lowest BCUT2D eigenvalue weighted by Gasteiger charge is -2.16. The minimum absolute atomic E-state index is 0.0181. The van der Waals surface area contributed by atoms with Gasteiger partial charge in [0.1, 0.15) is 5.82 Å². The number of thiol groups is 1. The van der Waals surface area contributed by atoms with Crippen LogP contribution in [0, 0.1) is 5.82 Å². The van der Waals surface area contributed by atoms with Crippen molar-refractivity contribution in [1.82, 2.24) is 0 Å². The molecule has 1 unspecified atom stereocenters. The first-order valence-corrected chi connectivity index (χ1v) is 5.51. The molecule has 1 aromatic carbocycles. The van der Waals surface area contributed by atoms with E-state index >= 15 is 0 Å². The maximum Gasteiger partial charge on any atom is 0.228 e. The summed E-state index contributed by atoms with van der Waals surface area (Å²) in [7, 11) is 0. The third-order valence-electron chi connectivity index (χ3n) is 2.62. The summed E-state index contributed by atoms with van der Waals surface area (Å²) >= 11 is 4.24. The molecule has 1 aliphatic rings. The number of carbonyl (C=O) groups excluding carboxylic acids is 1. The average Bonchev–Trinajstić information content (AvgIpc) is 2.59. The minimum atomic E-state index is -0.458. The van der Waals surface area contributed by atoms with Crippen molar-refractivity contribution in [2.75, 3.05) is 11.4 Å². The fourth-order valence-electron chi connectivity index (χ4n) is 1.79. The van der Waals surface area contributed by atoms with E-state index in [9.17, 15) is 9.18 Å². The van der Waals surface area contributed by atoms with Crippen LogP contribution in [-0.2, 0) is 11.4 Å². The maximum absolute atomic E-state index is 13.2. The van der Waals surface area contributed by atoms with Crippen molar-refractivity contribution in [2.45, 2.75) is 18.3 Å². The Labute approximate surface area is 98.3 Å². The molecule has 0 aromatic heterocycles. The van der Waals surface area contributed by atoms with E-state index in [1.54, 1.807) is 4.90 Å². The molecule has 1 atom stereocenters. The van der Waals surface area contributed by atoms with Crippen molar-refractivity contribution >= 4 is 24.2 Å². The van der Waals surface area contributed by atoms with Gasteiger partial charge in [-0.15, -0.1) is 0 Å². The number of aliphatic hydroxyl groups is 1. The Morgan fingerprint density at radius 2 is 2.31 bits per heavy atom. The van der Waals surface area contributed by atoms with Gasteiger partial charge in [-0.05, 0) is 18.2 Å². The molecule has 1 N–H and O–H groups in total. The van der Waals surface area contributed by atoms with Crippen molar-refractivity contribution < 1.29 is 14.3 Å². The van der Waals surface area contributed by atoms with Gasteiger partial charge in [0.25, 0.3) is 0 Å². The molecule has 0 saturated carbocycles. The highest BCUT2D eigenvalue weighted by Gasteiger charge is 2.28. The molecular formula is C11H12FNO2S. The van der Waals surface area contributed by atoms with Crippen molar-refractivity contribution in [3.63, 3.8) is 0 Å². The highest BCUT2D eigenvalue weighted by molar-refractivity contribution is 7.81. The first-order chi connectivity index (χ1) is 7.61. The zero-order chi connectivity index (χ0) is 11.7. The van der Waals surface area contributed by atoms with Crippen molar-refractivity contribution in [1.29, 1.82) is 0 Å². The lowest BCUT2D eigenvalue weighted by Crippen LogP contribution is -2.24. The van der Waals surface area contributed by atoms with E-state index in [0.717, 1.165) is 0 Å². The van der Waals surface area contributed by atoms with E-state index in [0.29, 0.717) is 18.7 Å². The molecule has 1 aliphatic heterocycles. The van der Waals surface area contributed by atoms with E-state index in [1.807, 2.05) is 0 Å². The van der Waals surface area contributed by atoms with E-state index < -0.39 is 5.82 Å². The van der Waals surface area contributed by atoms with Gasteiger partial charge in [-0.3, -0.25) is 4.79 Å². The number of carbonyl (C=O) groups is 1. The third-order valence-corrected chi connectivity index (χ3v) is 2.96. The number of halogens is 1. The Balaban J connectivity index is 2.30. The van der Waals surface area contributed by atoms with Crippen LogP contribution in [0.4, 0.5) is 10.1 Å². The summed E-state index contributed by atoms with van der Waals surface area (Å²) in [6.07, 6.45) is 0.398. The zero-order valence-electron chi connectivity index (χ0n) is 8.56. The number of hydrogen-bond acceptors (Lipinski definition) is 3. The van der Waals surface area contributed by atoms with Crippen LogP contribution in [0.25, 0.3) is 0 Å². The first-order valence-electron chi connectivity index (χ1n) is 4.99. The number of anilines is 1. The maximum atomic E-state index is 13.2. The Hall–Kier alpha value is -1.07. The van der Waals surface area contributed by atoms with Gasteiger partial charge in [0.15, 0.2) is 0 Å². The van der Waals surface area contributed by atoms with Gasteiger partial charge in [-0.2, -0.15) is 12.6 Å². The molecule has 1 saturated heterocycles. The Morgan fingerprint density at radius 3 is 2.88 bits per heavy atom. The number of amides is 1. The lowest BCUT2D eigenvalue weighted by atomic mass is 10.2. The monoisotopic (exact) mass is 241 g/mol. The van der Waals surface area contributed by atoms with Crippen LogP contribution in [-0.4, -0.2) is 22.8 Å². The third kappa shape index (κ3) is 2.05. The minimum Gasteiger partial charge on any atom is -0.392 e. The number of hydrogen-bond donors (Lipinski definition) is 2. The van der Waals surface area contributed by atoms with Gasteiger partial charge < -0.3 is 10.0 Å². The Kier molecular flexibility index (Phi) is 3.16. The topological polar surface area (TPSA) is 40.5 Å². The molecule has 0 bridgehead atoms. The van der Waals surface area contributed by atoms with Gasteiger partial charge in [0.2, 0.25) is 5.91 Å². The highest BCUT2D eigenvalue weighted by Crippen LogP contribution is 2.25. The second kappa shape index (κ2) is 4.43. The van der Waals surface area contributed by atoms with Crippen LogP contribution in [0.2, 0.25) is 0 Å². The van der Waals surface area contributed by atoms with E-state index in [-0.39, 0.29) is 23.3 Å². The molecule has 1 heterocycles. The van der Waals surface area contributed by atoms with Crippen molar-refractivity contribution in [2.24, 2.45) is 0 Å². The summed E-state index contributed by atoms with van der Waals surface area (Å²) in [6.45, 7) is 0.157. The van der Waals surface area contributed by atoms with Gasteiger partial charge in [0, 0.05) is 29.5 Å². The molecular weight excluding hydrogens is 229 g/mol. The molecule has 16 heavy (non-hydrogen) atoms. The second-order valence-electron chi connectivity index (χ2n) is 3.80. The predicted octanol–water partition coefficient (Wildman–Crippen LogP) is 1.35. The van der Waals surface area contributed by atoms with Crippen LogP contribution < -0.4 is 4.90 Å². The van der Waals surface area contributed by atoms with Crippen LogP contribution in [0.1, 0.15) is 12.0 Å². The standard InChI is InChI=1S/C11H12FNO2S/c12-10-2-1-8(3-7(10)6-14)13-5-9(16)4-11(13)15/h1-3,9,14,16H,4-6H2. The highest BCUT2D eigenvalue weighted by atomic mass is 32.1. The van der Waals surface area contributed by atoms with Gasteiger partial charge in [-0.25, -0.2) is 4.39 Å². The summed E-state index contributed by atoms with van der Waals surface area (Å²) in [5.41, 5.74) is 0.819. The van der Waals surface area contributed by atoms with Crippen LogP contribution in [0.3, 0.4) is 0 Å². The van der Waals surface area contributed by atoms with Gasteiger partial charge in [-0.1, -0.05) is 0 Å². The molecule has 0 spiro atoms. The second-order valence-corrected chi connectivity index (χ2v) is 4.53. The Bertz CT molecular complexity index is 424. The summed E-state index contributed by atoms with van der Waals surface area (Å²) < 4.78 is 13.2. The van der Waals surface area contributed by atoms with E-state index in [4.69, 9.17) is 5.11 Å². The molecule has 1 fully saturated rings. The fourth-order valence-corrected chi connectivity index (χ4v) is 2.11. The summed E-state index contributed by atoms with van der Waals surface area (Å²) in [5.74, 6) is -0.476. The normalized spacial score (nSPS) is 20.6. The Morgan fingerprint density at radius 1 is 1.56 bits per heavy atom. The van der Waals surface area contributed by atoms with Crippen LogP contribution >= 0.6 is 12.6 Å². The molecule has 5 heteroatoms. The predicted molar refractivity (Wildman–Crippen MR) is 62.1 cm³/mol. The molecule has 1 amide bonds. The fraction of sp³-hybridized carbons (Fsp3) is 0.364. The average molecular weight is 241 g/mol. The molecule has 0 radical (unpaired) electrons. The number of benzene rings is 1. The SMILES string of the molecule is O=C1CC(S)CN1c1ccc(F)c(CO)c1. The summed E-state index contributed by atoms with van der Waals surface area (Å²) in [6, 6.07) is 4.30. The van der Waals surface area contributed by atoms with Gasteiger partial charge >= 0.3 is 0 Å². The quantitative estimate of drug-likeness (QED) is 0.767.